The molecule has 35 heavy (non-hydrogen) atoms. The second kappa shape index (κ2) is 14.1. The van der Waals surface area contributed by atoms with E-state index in [0.29, 0.717) is 25.4 Å². The summed E-state index contributed by atoms with van der Waals surface area (Å²) in [6.45, 7) is 5.32. The topological polar surface area (TPSA) is 122 Å². The van der Waals surface area contributed by atoms with Crippen LogP contribution in [0.25, 0.3) is 0 Å². The van der Waals surface area contributed by atoms with Crippen LogP contribution in [-0.4, -0.2) is 64.4 Å². The molecule has 0 atom stereocenters. The highest BCUT2D eigenvalue weighted by Crippen LogP contribution is 2.18. The van der Waals surface area contributed by atoms with E-state index in [1.807, 2.05) is 13.1 Å². The molecule has 11 heteroatoms. The van der Waals surface area contributed by atoms with Gasteiger partial charge in [0.25, 0.3) is 6.20 Å². The molecule has 3 N–H and O–H groups in total. The summed E-state index contributed by atoms with van der Waals surface area (Å²) in [6.07, 6.45) is 7.14. The quantitative estimate of drug-likeness (QED) is 0.198. The Kier molecular flexibility index (Phi) is 10.6. The Labute approximate surface area is 207 Å². The number of benzene rings is 1. The Balaban J connectivity index is 1.33. The van der Waals surface area contributed by atoms with Gasteiger partial charge in [-0.1, -0.05) is 18.6 Å². The molecule has 0 bridgehead atoms. The zero-order valence-electron chi connectivity index (χ0n) is 20.8. The average molecular weight is 487 g/mol. The molecule has 0 aliphatic carbocycles. The van der Waals surface area contributed by atoms with Crippen LogP contribution in [0.2, 0.25) is 0 Å². The van der Waals surface area contributed by atoms with E-state index >= 15 is 0 Å². The van der Waals surface area contributed by atoms with Crippen LogP contribution in [0.1, 0.15) is 43.5 Å². The van der Waals surface area contributed by atoms with E-state index in [9.17, 15) is 10.1 Å². The predicted molar refractivity (Wildman–Crippen MR) is 136 cm³/mol. The Morgan fingerprint density at radius 3 is 2.83 bits per heavy atom. The standard InChI is InChI=1S/C24H38N8O3/c1-25-23(19-32(33)34)26-12-7-11-22-28-24(30(2)29-22)27-13-8-16-35-21-10-6-9-20(17-21)18-31-14-4-3-5-15-31/h6,9-10,17,19,25-26H,3-5,7-8,11-16,18H2,1-2H3,(H,27,28,29). The third-order valence-corrected chi connectivity index (χ3v) is 5.83. The third kappa shape index (κ3) is 9.44. The minimum Gasteiger partial charge on any atom is -0.494 e. The van der Waals surface area contributed by atoms with Gasteiger partial charge >= 0.3 is 0 Å². The van der Waals surface area contributed by atoms with Crippen LogP contribution in [0.15, 0.2) is 36.3 Å². The van der Waals surface area contributed by atoms with Gasteiger partial charge in [0.1, 0.15) is 5.75 Å². The molecule has 1 aromatic heterocycles. The minimum atomic E-state index is -0.490. The molecular formula is C24H38N8O3. The molecule has 2 heterocycles. The summed E-state index contributed by atoms with van der Waals surface area (Å²) in [7, 11) is 3.50. The first-order chi connectivity index (χ1) is 17.0. The van der Waals surface area contributed by atoms with Crippen molar-refractivity contribution in [2.75, 3.05) is 45.2 Å². The van der Waals surface area contributed by atoms with Gasteiger partial charge in [0, 0.05) is 40.2 Å². The molecule has 0 radical (unpaired) electrons. The average Bonchev–Trinajstić information content (AvgIpc) is 3.20. The lowest BCUT2D eigenvalue weighted by molar-refractivity contribution is -0.404. The van der Waals surface area contributed by atoms with E-state index < -0.39 is 4.92 Å². The zero-order chi connectivity index (χ0) is 24.9. The highest BCUT2D eigenvalue weighted by molar-refractivity contribution is 5.28. The van der Waals surface area contributed by atoms with E-state index in [4.69, 9.17) is 4.74 Å². The van der Waals surface area contributed by atoms with Gasteiger partial charge in [0.05, 0.1) is 11.5 Å². The van der Waals surface area contributed by atoms with Crippen LogP contribution in [0.4, 0.5) is 5.95 Å². The molecule has 1 aromatic carbocycles. The number of hydrogen-bond acceptors (Lipinski definition) is 9. The molecule has 1 aliphatic rings. The monoisotopic (exact) mass is 486 g/mol. The van der Waals surface area contributed by atoms with Crippen LogP contribution < -0.4 is 20.7 Å². The number of aryl methyl sites for hydroxylation is 2. The number of aromatic nitrogens is 3. The fraction of sp³-hybridized carbons (Fsp3) is 0.583. The predicted octanol–water partition coefficient (Wildman–Crippen LogP) is 2.50. The lowest BCUT2D eigenvalue weighted by atomic mass is 10.1. The molecule has 0 spiro atoms. The number of likely N-dealkylation sites (tertiary alicyclic amines) is 1. The van der Waals surface area contributed by atoms with Gasteiger partial charge in [0.15, 0.2) is 11.6 Å². The first-order valence-electron chi connectivity index (χ1n) is 12.4. The SMILES string of the molecule is CNC(=C[N+](=O)[O-])NCCCc1nc(NCCCOc2cccc(CN3CCCCC3)c2)n(C)n1. The summed E-state index contributed by atoms with van der Waals surface area (Å²) in [5, 5.41) is 24.1. The van der Waals surface area contributed by atoms with Crippen molar-refractivity contribution in [3.05, 3.63) is 57.8 Å². The highest BCUT2D eigenvalue weighted by atomic mass is 16.6. The molecule has 1 saturated heterocycles. The molecule has 11 nitrogen and oxygen atoms in total. The van der Waals surface area contributed by atoms with Crippen molar-refractivity contribution in [1.82, 2.24) is 30.3 Å². The summed E-state index contributed by atoms with van der Waals surface area (Å²) in [4.78, 5) is 17.1. The van der Waals surface area contributed by atoms with Gasteiger partial charge in [-0.05, 0) is 56.5 Å². The van der Waals surface area contributed by atoms with Crippen molar-refractivity contribution < 1.29 is 9.66 Å². The van der Waals surface area contributed by atoms with Gasteiger partial charge in [-0.2, -0.15) is 10.1 Å². The second-order valence-electron chi connectivity index (χ2n) is 8.70. The Hall–Kier alpha value is -3.34. The van der Waals surface area contributed by atoms with Crippen molar-refractivity contribution >= 4 is 5.95 Å². The van der Waals surface area contributed by atoms with Gasteiger partial charge in [0.2, 0.25) is 5.95 Å². The molecule has 2 aromatic rings. The largest absolute Gasteiger partial charge is 0.494 e. The van der Waals surface area contributed by atoms with Gasteiger partial charge in [-0.25, -0.2) is 4.68 Å². The second-order valence-corrected chi connectivity index (χ2v) is 8.70. The summed E-state index contributed by atoms with van der Waals surface area (Å²) < 4.78 is 7.70. The van der Waals surface area contributed by atoms with Crippen LogP contribution in [0.3, 0.4) is 0 Å². The molecule has 3 rings (SSSR count). The van der Waals surface area contributed by atoms with E-state index in [0.717, 1.165) is 49.7 Å². The number of hydrogen-bond donors (Lipinski definition) is 3. The van der Waals surface area contributed by atoms with Crippen LogP contribution in [0, 0.1) is 10.1 Å². The lowest BCUT2D eigenvalue weighted by Crippen LogP contribution is -2.29. The Morgan fingerprint density at radius 2 is 2.06 bits per heavy atom. The molecule has 0 saturated carbocycles. The number of anilines is 1. The number of nitrogens with one attached hydrogen (secondary N) is 3. The van der Waals surface area contributed by atoms with Crippen LogP contribution in [0.5, 0.6) is 5.75 Å². The number of rotatable bonds is 15. The maximum atomic E-state index is 10.6. The molecule has 0 amide bonds. The number of nitrogens with zero attached hydrogens (tertiary/aromatic N) is 5. The number of piperidine rings is 1. The van der Waals surface area contributed by atoms with Crippen LogP contribution >= 0.6 is 0 Å². The van der Waals surface area contributed by atoms with Crippen molar-refractivity contribution in [2.45, 2.75) is 45.1 Å². The van der Waals surface area contributed by atoms with Gasteiger partial charge < -0.3 is 20.7 Å². The highest BCUT2D eigenvalue weighted by Gasteiger charge is 2.11. The lowest BCUT2D eigenvalue weighted by Gasteiger charge is -2.26. The molecular weight excluding hydrogens is 448 g/mol. The summed E-state index contributed by atoms with van der Waals surface area (Å²) >= 11 is 0. The molecule has 192 valence electrons. The number of ether oxygens (including phenoxy) is 1. The zero-order valence-corrected chi connectivity index (χ0v) is 20.8. The maximum Gasteiger partial charge on any atom is 0.274 e. The van der Waals surface area contributed by atoms with E-state index in [1.54, 1.807) is 11.7 Å². The third-order valence-electron chi connectivity index (χ3n) is 5.83. The summed E-state index contributed by atoms with van der Waals surface area (Å²) in [5.74, 6) is 2.76. The van der Waals surface area contributed by atoms with E-state index in [2.05, 4.69) is 49.1 Å². The summed E-state index contributed by atoms with van der Waals surface area (Å²) in [6, 6.07) is 8.41. The van der Waals surface area contributed by atoms with Crippen LogP contribution in [-0.2, 0) is 20.0 Å². The summed E-state index contributed by atoms with van der Waals surface area (Å²) in [5.41, 5.74) is 1.31. The normalized spacial score (nSPS) is 14.5. The van der Waals surface area contributed by atoms with E-state index in [-0.39, 0.29) is 0 Å². The first kappa shape index (κ1) is 26.3. The Bertz CT molecular complexity index is 956. The Morgan fingerprint density at radius 1 is 1.23 bits per heavy atom. The van der Waals surface area contributed by atoms with Crippen molar-refractivity contribution in [3.8, 4) is 5.75 Å². The van der Waals surface area contributed by atoms with E-state index in [1.165, 1.54) is 37.9 Å². The fourth-order valence-corrected chi connectivity index (χ4v) is 4.04. The smallest absolute Gasteiger partial charge is 0.274 e. The van der Waals surface area contributed by atoms with Crippen molar-refractivity contribution in [1.29, 1.82) is 0 Å². The molecule has 1 fully saturated rings. The first-order valence-corrected chi connectivity index (χ1v) is 12.4. The molecule has 1 aliphatic heterocycles. The van der Waals surface area contributed by atoms with Crippen molar-refractivity contribution in [2.24, 2.45) is 7.05 Å². The number of nitro groups is 1. The molecule has 0 unspecified atom stereocenters. The van der Waals surface area contributed by atoms with Crippen molar-refractivity contribution in [3.63, 3.8) is 0 Å². The minimum absolute atomic E-state index is 0.377. The maximum absolute atomic E-state index is 10.6. The van der Waals surface area contributed by atoms with Gasteiger partial charge in [-0.15, -0.1) is 0 Å². The fourth-order valence-electron chi connectivity index (χ4n) is 4.04. The van der Waals surface area contributed by atoms with Gasteiger partial charge in [-0.3, -0.25) is 15.0 Å².